The van der Waals surface area contributed by atoms with Crippen molar-refractivity contribution in [2.75, 3.05) is 7.11 Å². The van der Waals surface area contributed by atoms with Crippen LogP contribution in [0.4, 0.5) is 5.69 Å². The van der Waals surface area contributed by atoms with E-state index < -0.39 is 4.92 Å². The number of aryl methyl sites for hydroxylation is 2. The standard InChI is InChI=1S/C23H17N3O5S/c1-12-8-13(2)21-17(9-12)25-22(27)20(32-23(25)24-21)11-15-5-7-18(31-15)16-6-4-14(26(28)29)10-19(16)30-3/h4-11H,1-3H3. The van der Waals surface area contributed by atoms with E-state index >= 15 is 0 Å². The van der Waals surface area contributed by atoms with Crippen LogP contribution in [0.25, 0.3) is 33.4 Å². The van der Waals surface area contributed by atoms with Crippen molar-refractivity contribution in [3.8, 4) is 17.1 Å². The maximum Gasteiger partial charge on any atom is 0.275 e. The monoisotopic (exact) mass is 447 g/mol. The van der Waals surface area contributed by atoms with Crippen molar-refractivity contribution >= 4 is 39.1 Å². The predicted octanol–water partition coefficient (Wildman–Crippen LogP) is 4.25. The van der Waals surface area contributed by atoms with E-state index in [0.717, 1.165) is 22.2 Å². The molecule has 8 nitrogen and oxygen atoms in total. The fraction of sp³-hybridized carbons (Fsp3) is 0.130. The number of rotatable bonds is 4. The van der Waals surface area contributed by atoms with Crippen LogP contribution in [0.5, 0.6) is 5.75 Å². The first-order valence-corrected chi connectivity index (χ1v) is 10.5. The fourth-order valence-corrected chi connectivity index (χ4v) is 4.77. The maximum absolute atomic E-state index is 13.1. The number of thiazole rings is 1. The molecule has 9 heteroatoms. The van der Waals surface area contributed by atoms with Crippen LogP contribution in [0.2, 0.25) is 0 Å². The summed E-state index contributed by atoms with van der Waals surface area (Å²) in [5, 5.41) is 11.0. The number of nitro groups is 1. The Hall–Kier alpha value is -3.98. The van der Waals surface area contributed by atoms with Gasteiger partial charge in [0.05, 0.1) is 34.7 Å². The van der Waals surface area contributed by atoms with Gasteiger partial charge >= 0.3 is 0 Å². The van der Waals surface area contributed by atoms with Crippen molar-refractivity contribution in [1.82, 2.24) is 9.38 Å². The molecule has 0 N–H and O–H groups in total. The number of furan rings is 1. The third-order valence-corrected chi connectivity index (χ3v) is 6.21. The fourth-order valence-electron chi connectivity index (χ4n) is 3.81. The van der Waals surface area contributed by atoms with Crippen LogP contribution < -0.4 is 14.8 Å². The molecule has 160 valence electrons. The van der Waals surface area contributed by atoms with E-state index in [1.54, 1.807) is 28.7 Å². The Balaban J connectivity index is 1.60. The minimum Gasteiger partial charge on any atom is -0.496 e. The summed E-state index contributed by atoms with van der Waals surface area (Å²) in [6, 6.07) is 11.8. The Morgan fingerprint density at radius 1 is 1.19 bits per heavy atom. The molecule has 0 bridgehead atoms. The van der Waals surface area contributed by atoms with Crippen molar-refractivity contribution < 1.29 is 14.1 Å². The van der Waals surface area contributed by atoms with Crippen LogP contribution in [0, 0.1) is 24.0 Å². The van der Waals surface area contributed by atoms with Gasteiger partial charge in [0.15, 0.2) is 4.96 Å². The second kappa shape index (κ2) is 7.31. The molecule has 0 amide bonds. The number of non-ortho nitro benzene ring substituents is 1. The summed E-state index contributed by atoms with van der Waals surface area (Å²) in [6.45, 7) is 3.98. The Morgan fingerprint density at radius 2 is 2.00 bits per heavy atom. The van der Waals surface area contributed by atoms with E-state index in [1.807, 2.05) is 26.0 Å². The third-order valence-electron chi connectivity index (χ3n) is 5.24. The number of hydrogen-bond acceptors (Lipinski definition) is 7. The van der Waals surface area contributed by atoms with Gasteiger partial charge < -0.3 is 9.15 Å². The second-order valence-electron chi connectivity index (χ2n) is 7.44. The lowest BCUT2D eigenvalue weighted by Crippen LogP contribution is -2.22. The summed E-state index contributed by atoms with van der Waals surface area (Å²) in [4.78, 5) is 28.9. The highest BCUT2D eigenvalue weighted by Crippen LogP contribution is 2.34. The lowest BCUT2D eigenvalue weighted by atomic mass is 10.1. The molecule has 0 unspecified atom stereocenters. The van der Waals surface area contributed by atoms with Gasteiger partial charge in [0.1, 0.15) is 21.8 Å². The zero-order chi connectivity index (χ0) is 22.6. The Kier molecular flexibility index (Phi) is 4.56. The van der Waals surface area contributed by atoms with Gasteiger partial charge in [-0.2, -0.15) is 0 Å². The van der Waals surface area contributed by atoms with Crippen molar-refractivity contribution in [1.29, 1.82) is 0 Å². The van der Waals surface area contributed by atoms with E-state index in [4.69, 9.17) is 9.15 Å². The second-order valence-corrected chi connectivity index (χ2v) is 8.45. The Bertz CT molecular complexity index is 1640. The van der Waals surface area contributed by atoms with Crippen LogP contribution in [0.15, 0.2) is 51.7 Å². The van der Waals surface area contributed by atoms with Gasteiger partial charge in [-0.05, 0) is 49.2 Å². The molecule has 0 aliphatic heterocycles. The highest BCUT2D eigenvalue weighted by Gasteiger charge is 2.16. The molecule has 0 atom stereocenters. The highest BCUT2D eigenvalue weighted by molar-refractivity contribution is 7.15. The maximum atomic E-state index is 13.1. The normalized spacial score (nSPS) is 12.2. The first-order chi connectivity index (χ1) is 15.4. The van der Waals surface area contributed by atoms with E-state index in [-0.39, 0.29) is 11.2 Å². The van der Waals surface area contributed by atoms with Crippen molar-refractivity contribution in [3.63, 3.8) is 0 Å². The summed E-state index contributed by atoms with van der Waals surface area (Å²) < 4.78 is 13.3. The van der Waals surface area contributed by atoms with Gasteiger partial charge in [0, 0.05) is 12.1 Å². The SMILES string of the molecule is COc1cc([N+](=O)[O-])ccc1-c1ccc(C=c2sc3nc4c(C)cc(C)cc4n3c2=O)o1. The van der Waals surface area contributed by atoms with E-state index in [0.29, 0.717) is 32.3 Å². The molecule has 2 aromatic carbocycles. The molecule has 5 rings (SSSR count). The molecule has 0 fully saturated rings. The lowest BCUT2D eigenvalue weighted by Gasteiger charge is -2.05. The first-order valence-electron chi connectivity index (χ1n) is 9.72. The van der Waals surface area contributed by atoms with E-state index in [9.17, 15) is 14.9 Å². The lowest BCUT2D eigenvalue weighted by molar-refractivity contribution is -0.384. The van der Waals surface area contributed by atoms with E-state index in [1.165, 1.54) is 30.6 Å². The summed E-state index contributed by atoms with van der Waals surface area (Å²) >= 11 is 1.30. The molecule has 0 aliphatic carbocycles. The van der Waals surface area contributed by atoms with Gasteiger partial charge in [0.25, 0.3) is 11.2 Å². The molecule has 0 spiro atoms. The van der Waals surface area contributed by atoms with Crippen LogP contribution in [0.1, 0.15) is 16.9 Å². The first kappa shape index (κ1) is 20.0. The molecule has 0 saturated carbocycles. The van der Waals surface area contributed by atoms with Crippen LogP contribution in [0.3, 0.4) is 0 Å². The number of benzene rings is 2. The molecular weight excluding hydrogens is 430 g/mol. The van der Waals surface area contributed by atoms with Crippen LogP contribution >= 0.6 is 11.3 Å². The van der Waals surface area contributed by atoms with Gasteiger partial charge in [-0.1, -0.05) is 17.4 Å². The topological polar surface area (TPSA) is 99.9 Å². The van der Waals surface area contributed by atoms with Gasteiger partial charge in [0.2, 0.25) is 0 Å². The van der Waals surface area contributed by atoms with Gasteiger partial charge in [-0.15, -0.1) is 0 Å². The Labute approximate surface area is 185 Å². The number of aromatic nitrogens is 2. The van der Waals surface area contributed by atoms with Crippen molar-refractivity contribution in [2.45, 2.75) is 13.8 Å². The van der Waals surface area contributed by atoms with Crippen LogP contribution in [-0.4, -0.2) is 21.4 Å². The smallest absolute Gasteiger partial charge is 0.275 e. The number of ether oxygens (including phenoxy) is 1. The van der Waals surface area contributed by atoms with Crippen LogP contribution in [-0.2, 0) is 0 Å². The zero-order valence-electron chi connectivity index (χ0n) is 17.4. The number of methoxy groups -OCH3 is 1. The number of fused-ring (bicyclic) bond motifs is 3. The number of nitrogens with zero attached hydrogens (tertiary/aromatic N) is 3. The zero-order valence-corrected chi connectivity index (χ0v) is 18.2. The van der Waals surface area contributed by atoms with Gasteiger partial charge in [-0.3, -0.25) is 14.9 Å². The van der Waals surface area contributed by atoms with Crippen molar-refractivity contribution in [3.05, 3.63) is 84.4 Å². The number of imidazole rings is 1. The minimum absolute atomic E-state index is 0.0698. The minimum atomic E-state index is -0.483. The number of hydrogen-bond donors (Lipinski definition) is 0. The van der Waals surface area contributed by atoms with Gasteiger partial charge in [-0.25, -0.2) is 9.38 Å². The molecule has 0 radical (unpaired) electrons. The molecule has 3 heterocycles. The average molecular weight is 447 g/mol. The largest absolute Gasteiger partial charge is 0.496 e. The molecule has 3 aromatic heterocycles. The summed E-state index contributed by atoms with van der Waals surface area (Å²) in [6.07, 6.45) is 1.68. The molecule has 32 heavy (non-hydrogen) atoms. The third kappa shape index (κ3) is 3.14. The molecule has 0 saturated heterocycles. The highest BCUT2D eigenvalue weighted by atomic mass is 32.1. The average Bonchev–Trinajstić information content (AvgIpc) is 3.44. The quantitative estimate of drug-likeness (QED) is 0.302. The number of nitro benzene ring substituents is 1. The van der Waals surface area contributed by atoms with E-state index in [2.05, 4.69) is 4.98 Å². The van der Waals surface area contributed by atoms with Crippen molar-refractivity contribution in [2.24, 2.45) is 0 Å². The summed E-state index contributed by atoms with van der Waals surface area (Å²) in [5.41, 5.74) is 4.10. The summed E-state index contributed by atoms with van der Waals surface area (Å²) in [5.74, 6) is 1.29. The molecular formula is C23H17N3O5S. The molecule has 0 aliphatic rings. The predicted molar refractivity (Wildman–Crippen MR) is 122 cm³/mol. The molecule has 5 aromatic rings. The summed E-state index contributed by atoms with van der Waals surface area (Å²) in [7, 11) is 1.44. The Morgan fingerprint density at radius 3 is 2.75 bits per heavy atom.